The minimum absolute atomic E-state index is 0.148. The first kappa shape index (κ1) is 12.7. The van der Waals surface area contributed by atoms with Gasteiger partial charge in [-0.1, -0.05) is 22.0 Å². The van der Waals surface area contributed by atoms with Crippen molar-refractivity contribution in [2.75, 3.05) is 0 Å². The summed E-state index contributed by atoms with van der Waals surface area (Å²) >= 11 is 3.37. The SMILES string of the molecule is O=C(O)c1cc2cc(Br)ccc2nc1-c1ccccn1. The van der Waals surface area contributed by atoms with Crippen LogP contribution in [0, 0.1) is 0 Å². The maximum atomic E-state index is 11.4. The second-order valence-electron chi connectivity index (χ2n) is 4.24. The first-order valence-corrected chi connectivity index (χ1v) is 6.69. The molecule has 98 valence electrons. The molecule has 0 spiro atoms. The van der Waals surface area contributed by atoms with E-state index in [0.717, 1.165) is 15.4 Å². The summed E-state index contributed by atoms with van der Waals surface area (Å²) in [6, 6.07) is 12.5. The van der Waals surface area contributed by atoms with Crippen molar-refractivity contribution in [2.45, 2.75) is 0 Å². The van der Waals surface area contributed by atoms with Gasteiger partial charge in [0.15, 0.2) is 0 Å². The molecule has 0 bridgehead atoms. The first-order valence-electron chi connectivity index (χ1n) is 5.90. The Bertz CT molecular complexity index is 804. The zero-order chi connectivity index (χ0) is 14.1. The summed E-state index contributed by atoms with van der Waals surface area (Å²) in [6.45, 7) is 0. The van der Waals surface area contributed by atoms with E-state index in [1.807, 2.05) is 18.2 Å². The second kappa shape index (κ2) is 5.02. The van der Waals surface area contributed by atoms with Crippen LogP contribution in [0.3, 0.4) is 0 Å². The second-order valence-corrected chi connectivity index (χ2v) is 5.16. The number of carboxylic acids is 1. The fourth-order valence-electron chi connectivity index (χ4n) is 2.01. The van der Waals surface area contributed by atoms with Gasteiger partial charge in [-0.2, -0.15) is 0 Å². The van der Waals surface area contributed by atoms with E-state index in [1.54, 1.807) is 30.5 Å². The van der Waals surface area contributed by atoms with Crippen molar-refractivity contribution in [3.05, 3.63) is 58.7 Å². The van der Waals surface area contributed by atoms with Crippen LogP contribution in [0.15, 0.2) is 53.1 Å². The maximum Gasteiger partial charge on any atom is 0.338 e. The molecule has 20 heavy (non-hydrogen) atoms. The Morgan fingerprint density at radius 3 is 2.70 bits per heavy atom. The van der Waals surface area contributed by atoms with Crippen LogP contribution in [0.25, 0.3) is 22.3 Å². The Labute approximate surface area is 123 Å². The number of hydrogen-bond donors (Lipinski definition) is 1. The number of pyridine rings is 2. The Kier molecular flexibility index (Phi) is 3.20. The van der Waals surface area contributed by atoms with Gasteiger partial charge in [-0.25, -0.2) is 9.78 Å². The van der Waals surface area contributed by atoms with E-state index < -0.39 is 5.97 Å². The quantitative estimate of drug-likeness (QED) is 0.778. The van der Waals surface area contributed by atoms with E-state index in [9.17, 15) is 9.90 Å². The molecule has 5 heteroatoms. The molecule has 0 unspecified atom stereocenters. The van der Waals surface area contributed by atoms with Gasteiger partial charge in [-0.05, 0) is 36.4 Å². The predicted molar refractivity (Wildman–Crippen MR) is 79.6 cm³/mol. The van der Waals surface area contributed by atoms with E-state index >= 15 is 0 Å². The average Bonchev–Trinajstić information content (AvgIpc) is 2.46. The van der Waals surface area contributed by atoms with Gasteiger partial charge in [0.2, 0.25) is 0 Å². The molecule has 0 amide bonds. The molecular formula is C15H9BrN2O2. The number of hydrogen-bond acceptors (Lipinski definition) is 3. The van der Waals surface area contributed by atoms with E-state index in [1.165, 1.54) is 0 Å². The van der Waals surface area contributed by atoms with Gasteiger partial charge >= 0.3 is 5.97 Å². The van der Waals surface area contributed by atoms with Crippen LogP contribution in [0.4, 0.5) is 0 Å². The van der Waals surface area contributed by atoms with Gasteiger partial charge in [0.25, 0.3) is 0 Å². The van der Waals surface area contributed by atoms with Crippen LogP contribution in [-0.4, -0.2) is 21.0 Å². The summed E-state index contributed by atoms with van der Waals surface area (Å²) in [5.41, 5.74) is 1.82. The molecule has 0 fully saturated rings. The Hall–Kier alpha value is -2.27. The highest BCUT2D eigenvalue weighted by Crippen LogP contribution is 2.26. The third-order valence-corrected chi connectivity index (χ3v) is 3.41. The molecule has 4 nitrogen and oxygen atoms in total. The van der Waals surface area contributed by atoms with Crippen molar-refractivity contribution >= 4 is 32.8 Å². The van der Waals surface area contributed by atoms with Crippen molar-refractivity contribution in [3.8, 4) is 11.4 Å². The minimum Gasteiger partial charge on any atom is -0.478 e. The normalized spacial score (nSPS) is 10.7. The largest absolute Gasteiger partial charge is 0.478 e. The molecule has 0 radical (unpaired) electrons. The molecule has 0 saturated heterocycles. The maximum absolute atomic E-state index is 11.4. The van der Waals surface area contributed by atoms with E-state index in [-0.39, 0.29) is 5.56 Å². The lowest BCUT2D eigenvalue weighted by Gasteiger charge is -2.07. The van der Waals surface area contributed by atoms with Crippen LogP contribution in [0.5, 0.6) is 0 Å². The summed E-state index contributed by atoms with van der Waals surface area (Å²) in [7, 11) is 0. The molecular weight excluding hydrogens is 320 g/mol. The van der Waals surface area contributed by atoms with Gasteiger partial charge in [-0.3, -0.25) is 4.98 Å². The molecule has 0 aliphatic heterocycles. The predicted octanol–water partition coefficient (Wildman–Crippen LogP) is 3.76. The summed E-state index contributed by atoms with van der Waals surface area (Å²) < 4.78 is 0.883. The number of carboxylic acid groups (broad SMARTS) is 1. The standard InChI is InChI=1S/C15H9BrN2O2/c16-10-4-5-12-9(7-10)8-11(15(19)20)14(18-12)13-3-1-2-6-17-13/h1-8H,(H,19,20). The Balaban J connectivity index is 2.32. The highest BCUT2D eigenvalue weighted by atomic mass is 79.9. The molecule has 3 rings (SSSR count). The third kappa shape index (κ3) is 2.28. The number of benzene rings is 1. The number of fused-ring (bicyclic) bond motifs is 1. The van der Waals surface area contributed by atoms with Gasteiger partial charge in [0.1, 0.15) is 5.69 Å². The summed E-state index contributed by atoms with van der Waals surface area (Å²) in [6.07, 6.45) is 1.62. The molecule has 0 saturated carbocycles. The summed E-state index contributed by atoms with van der Waals surface area (Å²) in [5.74, 6) is -1.01. The number of halogens is 1. The van der Waals surface area contributed by atoms with Gasteiger partial charge in [-0.15, -0.1) is 0 Å². The number of carbonyl (C=O) groups is 1. The molecule has 0 aliphatic carbocycles. The summed E-state index contributed by atoms with van der Waals surface area (Å²) in [5, 5.41) is 10.2. The van der Waals surface area contributed by atoms with Gasteiger partial charge in [0.05, 0.1) is 16.8 Å². The fourth-order valence-corrected chi connectivity index (χ4v) is 2.39. The minimum atomic E-state index is -1.01. The highest BCUT2D eigenvalue weighted by molar-refractivity contribution is 9.10. The monoisotopic (exact) mass is 328 g/mol. The van der Waals surface area contributed by atoms with Crippen LogP contribution in [-0.2, 0) is 0 Å². The lowest BCUT2D eigenvalue weighted by Crippen LogP contribution is -2.03. The molecule has 1 N–H and O–H groups in total. The van der Waals surface area contributed by atoms with E-state index in [2.05, 4.69) is 25.9 Å². The lowest BCUT2D eigenvalue weighted by molar-refractivity contribution is 0.0697. The molecule has 0 atom stereocenters. The van der Waals surface area contributed by atoms with Crippen LogP contribution >= 0.6 is 15.9 Å². The highest BCUT2D eigenvalue weighted by Gasteiger charge is 2.15. The Morgan fingerprint density at radius 2 is 2.00 bits per heavy atom. The van der Waals surface area contributed by atoms with Crippen molar-refractivity contribution in [3.63, 3.8) is 0 Å². The molecule has 0 aliphatic rings. The molecule has 3 aromatic rings. The number of nitrogens with zero attached hydrogens (tertiary/aromatic N) is 2. The number of rotatable bonds is 2. The van der Waals surface area contributed by atoms with Crippen LogP contribution < -0.4 is 0 Å². The molecule has 2 heterocycles. The van der Waals surface area contributed by atoms with E-state index in [0.29, 0.717) is 11.4 Å². The topological polar surface area (TPSA) is 63.1 Å². The van der Waals surface area contributed by atoms with Crippen LogP contribution in [0.1, 0.15) is 10.4 Å². The number of aromatic nitrogens is 2. The zero-order valence-electron chi connectivity index (χ0n) is 10.2. The van der Waals surface area contributed by atoms with Gasteiger partial charge in [0, 0.05) is 16.1 Å². The Morgan fingerprint density at radius 1 is 1.15 bits per heavy atom. The van der Waals surface area contributed by atoms with Gasteiger partial charge < -0.3 is 5.11 Å². The molecule has 2 aromatic heterocycles. The third-order valence-electron chi connectivity index (χ3n) is 2.91. The van der Waals surface area contributed by atoms with Crippen molar-refractivity contribution in [1.29, 1.82) is 0 Å². The van der Waals surface area contributed by atoms with Crippen molar-refractivity contribution in [1.82, 2.24) is 9.97 Å². The summed E-state index contributed by atoms with van der Waals surface area (Å²) in [4.78, 5) is 20.1. The first-order chi connectivity index (χ1) is 9.65. The molecule has 1 aromatic carbocycles. The lowest BCUT2D eigenvalue weighted by atomic mass is 10.1. The average molecular weight is 329 g/mol. The smallest absolute Gasteiger partial charge is 0.338 e. The number of aromatic carboxylic acids is 1. The van der Waals surface area contributed by atoms with Crippen molar-refractivity contribution < 1.29 is 9.90 Å². The van der Waals surface area contributed by atoms with E-state index in [4.69, 9.17) is 0 Å². The van der Waals surface area contributed by atoms with Crippen LogP contribution in [0.2, 0.25) is 0 Å². The van der Waals surface area contributed by atoms with Crippen molar-refractivity contribution in [2.24, 2.45) is 0 Å². The zero-order valence-corrected chi connectivity index (χ0v) is 11.8. The fraction of sp³-hybridized carbons (Fsp3) is 0.